The van der Waals surface area contributed by atoms with Gasteiger partial charge in [-0.15, -0.1) is 0 Å². The van der Waals surface area contributed by atoms with Gasteiger partial charge in [0.15, 0.2) is 0 Å². The van der Waals surface area contributed by atoms with Gasteiger partial charge in [0.2, 0.25) is 0 Å². The van der Waals surface area contributed by atoms with Crippen LogP contribution in [-0.2, 0) is 4.79 Å². The highest BCUT2D eigenvalue weighted by atomic mass is 16.4. The third-order valence-corrected chi connectivity index (χ3v) is 2.94. The highest BCUT2D eigenvalue weighted by molar-refractivity contribution is 5.94. The lowest BCUT2D eigenvalue weighted by molar-refractivity contribution is -0.143. The van der Waals surface area contributed by atoms with E-state index < -0.39 is 17.5 Å². The Bertz CT molecular complexity index is 449. The number of hydrogen-bond acceptors (Lipinski definition) is 3. The van der Waals surface area contributed by atoms with Gasteiger partial charge in [0.25, 0.3) is 0 Å². The minimum Gasteiger partial charge on any atom is -0.480 e. The van der Waals surface area contributed by atoms with Gasteiger partial charge in [0.05, 0.1) is 17.1 Å². The molecule has 1 aromatic rings. The first kappa shape index (κ1) is 14.0. The average molecular weight is 254 g/mol. The van der Waals surface area contributed by atoms with Crippen molar-refractivity contribution in [1.82, 2.24) is 15.5 Å². The molecule has 0 aromatic carbocycles. The quantitative estimate of drug-likeness (QED) is 0.651. The molecule has 0 aliphatic heterocycles. The molecule has 0 bridgehead atoms. The molecule has 7 nitrogen and oxygen atoms in total. The molecule has 7 heteroatoms. The van der Waals surface area contributed by atoms with Gasteiger partial charge in [-0.2, -0.15) is 5.10 Å². The molecule has 100 valence electrons. The number of urea groups is 1. The van der Waals surface area contributed by atoms with Gasteiger partial charge in [-0.25, -0.2) is 9.59 Å². The van der Waals surface area contributed by atoms with Gasteiger partial charge >= 0.3 is 12.0 Å². The Morgan fingerprint density at radius 2 is 2.06 bits per heavy atom. The molecule has 0 aliphatic rings. The van der Waals surface area contributed by atoms with E-state index in [1.54, 1.807) is 20.8 Å². The second-order valence-electron chi connectivity index (χ2n) is 4.38. The van der Waals surface area contributed by atoms with Crippen LogP contribution < -0.4 is 10.6 Å². The molecule has 1 unspecified atom stereocenters. The number of hydrogen-bond donors (Lipinski definition) is 4. The smallest absolute Gasteiger partial charge is 0.329 e. The fourth-order valence-electron chi connectivity index (χ4n) is 1.42. The number of carboxylic acid groups (broad SMARTS) is 1. The van der Waals surface area contributed by atoms with E-state index in [1.165, 1.54) is 6.92 Å². The molecule has 1 atom stereocenters. The van der Waals surface area contributed by atoms with Crippen LogP contribution in [0, 0.1) is 13.8 Å². The number of aliphatic carboxylic acids is 1. The van der Waals surface area contributed by atoms with Crippen molar-refractivity contribution in [2.75, 3.05) is 5.32 Å². The Hall–Kier alpha value is -2.05. The van der Waals surface area contributed by atoms with Crippen molar-refractivity contribution in [2.24, 2.45) is 0 Å². The monoisotopic (exact) mass is 254 g/mol. The Labute approximate surface area is 105 Å². The number of H-pyrrole nitrogens is 1. The van der Waals surface area contributed by atoms with Gasteiger partial charge in [-0.1, -0.05) is 6.92 Å². The number of amides is 2. The minimum absolute atomic E-state index is 0.291. The molecule has 0 saturated carbocycles. The number of carbonyl (C=O) groups is 2. The molecule has 2 amide bonds. The van der Waals surface area contributed by atoms with Gasteiger partial charge in [-0.05, 0) is 27.2 Å². The molecule has 0 spiro atoms. The number of nitrogens with one attached hydrogen (secondary N) is 3. The highest BCUT2D eigenvalue weighted by Crippen LogP contribution is 2.16. The number of aromatic amines is 1. The molecule has 1 heterocycles. The number of rotatable bonds is 4. The summed E-state index contributed by atoms with van der Waals surface area (Å²) in [4.78, 5) is 22.8. The average Bonchev–Trinajstić information content (AvgIpc) is 2.60. The van der Waals surface area contributed by atoms with Crippen molar-refractivity contribution in [1.29, 1.82) is 0 Å². The zero-order valence-electron chi connectivity index (χ0n) is 10.9. The van der Waals surface area contributed by atoms with Crippen LogP contribution in [0.4, 0.5) is 10.5 Å². The van der Waals surface area contributed by atoms with E-state index in [1.807, 2.05) is 0 Å². The standard InChI is InChI=1S/C11H18N4O3/c1-5-11(4,9(16)17)13-10(18)12-8-6(2)14-15-7(8)3/h5H2,1-4H3,(H,14,15)(H,16,17)(H2,12,13,18). The normalized spacial score (nSPS) is 13.8. The van der Waals surface area contributed by atoms with Crippen LogP contribution in [0.1, 0.15) is 31.7 Å². The van der Waals surface area contributed by atoms with Crippen molar-refractivity contribution in [3.63, 3.8) is 0 Å². The lowest BCUT2D eigenvalue weighted by Crippen LogP contribution is -2.53. The van der Waals surface area contributed by atoms with Crippen molar-refractivity contribution in [2.45, 2.75) is 39.7 Å². The zero-order valence-corrected chi connectivity index (χ0v) is 10.9. The number of carboxylic acids is 1. The van der Waals surface area contributed by atoms with E-state index in [4.69, 9.17) is 5.11 Å². The van der Waals surface area contributed by atoms with Crippen molar-refractivity contribution >= 4 is 17.7 Å². The van der Waals surface area contributed by atoms with E-state index >= 15 is 0 Å². The summed E-state index contributed by atoms with van der Waals surface area (Å²) in [6.07, 6.45) is 0.291. The number of aryl methyl sites for hydroxylation is 2. The van der Waals surface area contributed by atoms with Gasteiger partial charge < -0.3 is 15.7 Å². The third-order valence-electron chi connectivity index (χ3n) is 2.94. The fourth-order valence-corrected chi connectivity index (χ4v) is 1.42. The minimum atomic E-state index is -1.28. The summed E-state index contributed by atoms with van der Waals surface area (Å²) in [5.41, 5.74) is 0.652. The molecule has 1 rings (SSSR count). The summed E-state index contributed by atoms with van der Waals surface area (Å²) in [5.74, 6) is -1.07. The van der Waals surface area contributed by atoms with Gasteiger partial charge in [0.1, 0.15) is 5.54 Å². The molecule has 0 aliphatic carbocycles. The Kier molecular flexibility index (Phi) is 3.95. The van der Waals surface area contributed by atoms with E-state index in [0.717, 1.165) is 5.69 Å². The first-order chi connectivity index (χ1) is 8.30. The Morgan fingerprint density at radius 3 is 2.44 bits per heavy atom. The second kappa shape index (κ2) is 5.07. The predicted octanol–water partition coefficient (Wildman–Crippen LogP) is 1.40. The van der Waals surface area contributed by atoms with Crippen molar-refractivity contribution in [3.8, 4) is 0 Å². The molecule has 0 fully saturated rings. The predicted molar refractivity (Wildman–Crippen MR) is 66.5 cm³/mol. The number of nitrogens with zero attached hydrogens (tertiary/aromatic N) is 1. The topological polar surface area (TPSA) is 107 Å². The second-order valence-corrected chi connectivity index (χ2v) is 4.38. The maximum absolute atomic E-state index is 11.8. The maximum atomic E-state index is 11.8. The van der Waals surface area contributed by atoms with E-state index in [9.17, 15) is 9.59 Å². The summed E-state index contributed by atoms with van der Waals surface area (Å²) in [6.45, 7) is 6.67. The number of carbonyl (C=O) groups excluding carboxylic acids is 1. The lowest BCUT2D eigenvalue weighted by atomic mass is 10.00. The largest absolute Gasteiger partial charge is 0.480 e. The SMILES string of the molecule is CCC(C)(NC(=O)Nc1c(C)n[nH]c1C)C(=O)O. The highest BCUT2D eigenvalue weighted by Gasteiger charge is 2.33. The molecular formula is C11H18N4O3. The Morgan fingerprint density at radius 1 is 1.44 bits per heavy atom. The van der Waals surface area contributed by atoms with Crippen LogP contribution in [0.5, 0.6) is 0 Å². The molecule has 1 aromatic heterocycles. The summed E-state index contributed by atoms with van der Waals surface area (Å²) in [5, 5.41) is 20.8. The van der Waals surface area contributed by atoms with Gasteiger partial charge in [-0.3, -0.25) is 5.10 Å². The van der Waals surface area contributed by atoms with Crippen molar-refractivity contribution in [3.05, 3.63) is 11.4 Å². The zero-order chi connectivity index (χ0) is 13.9. The Balaban J connectivity index is 2.76. The van der Waals surface area contributed by atoms with E-state index in [-0.39, 0.29) is 0 Å². The fraction of sp³-hybridized carbons (Fsp3) is 0.545. The van der Waals surface area contributed by atoms with E-state index in [0.29, 0.717) is 17.8 Å². The summed E-state index contributed by atoms with van der Waals surface area (Å²) in [6, 6.07) is -0.561. The third kappa shape index (κ3) is 2.79. The molecular weight excluding hydrogens is 236 g/mol. The summed E-state index contributed by atoms with van der Waals surface area (Å²) in [7, 11) is 0. The van der Waals surface area contributed by atoms with Crippen LogP contribution in [0.25, 0.3) is 0 Å². The molecule has 18 heavy (non-hydrogen) atoms. The summed E-state index contributed by atoms with van der Waals surface area (Å²) >= 11 is 0. The number of aromatic nitrogens is 2. The van der Waals surface area contributed by atoms with Crippen LogP contribution in [0.2, 0.25) is 0 Å². The number of anilines is 1. The van der Waals surface area contributed by atoms with Crippen LogP contribution in [0.15, 0.2) is 0 Å². The van der Waals surface area contributed by atoms with Crippen molar-refractivity contribution < 1.29 is 14.7 Å². The van der Waals surface area contributed by atoms with E-state index in [2.05, 4.69) is 20.8 Å². The lowest BCUT2D eigenvalue weighted by Gasteiger charge is -2.24. The first-order valence-corrected chi connectivity index (χ1v) is 5.64. The summed E-state index contributed by atoms with van der Waals surface area (Å²) < 4.78 is 0. The maximum Gasteiger partial charge on any atom is 0.329 e. The molecule has 0 radical (unpaired) electrons. The van der Waals surface area contributed by atoms with Crippen LogP contribution in [0.3, 0.4) is 0 Å². The van der Waals surface area contributed by atoms with Gasteiger partial charge in [0, 0.05) is 0 Å². The first-order valence-electron chi connectivity index (χ1n) is 5.64. The molecule has 4 N–H and O–H groups in total. The van der Waals surface area contributed by atoms with Crippen LogP contribution in [-0.4, -0.2) is 32.8 Å². The van der Waals surface area contributed by atoms with Crippen LogP contribution >= 0.6 is 0 Å². The molecule has 0 saturated heterocycles.